The van der Waals surface area contributed by atoms with Gasteiger partial charge in [0.15, 0.2) is 16.7 Å². The summed E-state index contributed by atoms with van der Waals surface area (Å²) in [5.41, 5.74) is 2.90. The fourth-order valence-corrected chi connectivity index (χ4v) is 4.59. The van der Waals surface area contributed by atoms with Crippen molar-refractivity contribution < 1.29 is 23.8 Å². The second-order valence-corrected chi connectivity index (χ2v) is 9.66. The molecule has 0 atom stereocenters. The van der Waals surface area contributed by atoms with Gasteiger partial charge < -0.3 is 14.2 Å². The van der Waals surface area contributed by atoms with Crippen LogP contribution in [-0.4, -0.2) is 43.2 Å². The molecule has 1 aliphatic heterocycles. The molecule has 1 amide bonds. The minimum Gasteiger partial charge on any atom is -0.493 e. The van der Waals surface area contributed by atoms with E-state index in [2.05, 4.69) is 20.9 Å². The van der Waals surface area contributed by atoms with Gasteiger partial charge in [-0.15, -0.1) is 0 Å². The van der Waals surface area contributed by atoms with Gasteiger partial charge in [-0.05, 0) is 77.5 Å². The van der Waals surface area contributed by atoms with Crippen molar-refractivity contribution in [2.75, 3.05) is 21.3 Å². The molecular formula is C27H23BrN2O5S. The summed E-state index contributed by atoms with van der Waals surface area (Å²) >= 11 is 4.71. The highest BCUT2D eigenvalue weighted by Gasteiger charge is 2.30. The van der Waals surface area contributed by atoms with Gasteiger partial charge in [0.1, 0.15) is 6.61 Å². The van der Waals surface area contributed by atoms with E-state index >= 15 is 0 Å². The summed E-state index contributed by atoms with van der Waals surface area (Å²) in [6.07, 6.45) is 1.80. The number of nitrogens with zero attached hydrogens (tertiary/aromatic N) is 2. The molecule has 0 spiro atoms. The number of aliphatic imine (C=N–C) groups is 1. The molecule has 0 unspecified atom stereocenters. The Bertz CT molecular complexity index is 1340. The summed E-state index contributed by atoms with van der Waals surface area (Å²) in [6.45, 7) is 0.406. The normalized spacial score (nSPS) is 15.4. The van der Waals surface area contributed by atoms with Crippen LogP contribution >= 0.6 is 27.7 Å². The first kappa shape index (κ1) is 25.5. The molecule has 184 valence electrons. The van der Waals surface area contributed by atoms with Crippen LogP contribution in [0.4, 0.5) is 5.69 Å². The number of amides is 1. The first-order valence-electron chi connectivity index (χ1n) is 10.9. The molecule has 7 nitrogen and oxygen atoms in total. The lowest BCUT2D eigenvalue weighted by Crippen LogP contribution is -2.23. The molecule has 1 fully saturated rings. The SMILES string of the molecule is COC(=O)c1ccc(N=C2S/C(=C/c3ccc(OCc4ccc(Br)cc4)c(OC)c3)C(=O)N2C)cc1. The Balaban J connectivity index is 1.49. The Morgan fingerprint density at radius 3 is 2.42 bits per heavy atom. The predicted molar refractivity (Wildman–Crippen MR) is 145 cm³/mol. The highest BCUT2D eigenvalue weighted by molar-refractivity contribution is 9.10. The number of ether oxygens (including phenoxy) is 3. The number of methoxy groups -OCH3 is 2. The molecule has 1 aliphatic rings. The van der Waals surface area contributed by atoms with Crippen molar-refractivity contribution >= 4 is 56.5 Å². The molecule has 0 radical (unpaired) electrons. The first-order valence-corrected chi connectivity index (χ1v) is 12.5. The van der Waals surface area contributed by atoms with Crippen molar-refractivity contribution in [2.24, 2.45) is 4.99 Å². The maximum atomic E-state index is 12.8. The number of hydrogen-bond donors (Lipinski definition) is 0. The average molecular weight is 567 g/mol. The molecule has 1 saturated heterocycles. The second kappa shape index (κ2) is 11.5. The second-order valence-electron chi connectivity index (χ2n) is 7.73. The third-order valence-corrected chi connectivity index (χ3v) is 6.90. The maximum Gasteiger partial charge on any atom is 0.337 e. The number of carbonyl (C=O) groups excluding carboxylic acids is 2. The quantitative estimate of drug-likeness (QED) is 0.255. The highest BCUT2D eigenvalue weighted by atomic mass is 79.9. The molecule has 9 heteroatoms. The predicted octanol–water partition coefficient (Wildman–Crippen LogP) is 6.06. The van der Waals surface area contributed by atoms with E-state index in [0.717, 1.165) is 15.6 Å². The number of halogens is 1. The van der Waals surface area contributed by atoms with Crippen molar-refractivity contribution in [3.63, 3.8) is 0 Å². The third-order valence-electron chi connectivity index (χ3n) is 5.31. The van der Waals surface area contributed by atoms with Crippen molar-refractivity contribution in [1.82, 2.24) is 4.90 Å². The van der Waals surface area contributed by atoms with E-state index in [1.165, 1.54) is 23.8 Å². The van der Waals surface area contributed by atoms with Crippen LogP contribution in [0.5, 0.6) is 11.5 Å². The number of esters is 1. The lowest BCUT2D eigenvalue weighted by Gasteiger charge is -2.11. The standard InChI is InChI=1S/C27H23BrN2O5S/c1-30-25(31)24(36-27(30)29-21-11-7-19(8-12-21)26(32)34-3)15-18-6-13-22(23(14-18)33-2)35-16-17-4-9-20(28)10-5-17/h4-15H,16H2,1-3H3/b24-15+,29-27?. The van der Waals surface area contributed by atoms with Gasteiger partial charge in [-0.25, -0.2) is 9.79 Å². The number of rotatable bonds is 7. The van der Waals surface area contributed by atoms with Gasteiger partial charge in [0, 0.05) is 11.5 Å². The summed E-state index contributed by atoms with van der Waals surface area (Å²) in [6, 6.07) is 20.1. The number of benzene rings is 3. The number of likely N-dealkylation sites (N-methyl/N-ethyl adjacent to an activating group) is 1. The molecule has 0 aliphatic carbocycles. The maximum absolute atomic E-state index is 12.8. The van der Waals surface area contributed by atoms with Gasteiger partial charge in [0.05, 0.1) is 30.4 Å². The van der Waals surface area contributed by atoms with Crippen LogP contribution in [0.3, 0.4) is 0 Å². The number of hydrogen-bond acceptors (Lipinski definition) is 7. The largest absolute Gasteiger partial charge is 0.493 e. The van der Waals surface area contributed by atoms with E-state index in [4.69, 9.17) is 14.2 Å². The summed E-state index contributed by atoms with van der Waals surface area (Å²) < 4.78 is 17.2. The lowest BCUT2D eigenvalue weighted by atomic mass is 10.2. The van der Waals surface area contributed by atoms with Crippen molar-refractivity contribution in [3.05, 3.63) is 92.8 Å². The molecular weight excluding hydrogens is 544 g/mol. The summed E-state index contributed by atoms with van der Waals surface area (Å²) in [5.74, 6) is 0.620. The minimum atomic E-state index is -0.415. The fourth-order valence-electron chi connectivity index (χ4n) is 3.34. The van der Waals surface area contributed by atoms with Gasteiger partial charge >= 0.3 is 5.97 Å². The van der Waals surface area contributed by atoms with E-state index in [0.29, 0.717) is 39.4 Å². The Labute approximate surface area is 221 Å². The molecule has 3 aromatic rings. The van der Waals surface area contributed by atoms with Crippen LogP contribution in [0.15, 0.2) is 81.1 Å². The van der Waals surface area contributed by atoms with Crippen LogP contribution < -0.4 is 9.47 Å². The van der Waals surface area contributed by atoms with Gasteiger partial charge in [-0.1, -0.05) is 34.1 Å². The zero-order valence-corrected chi connectivity index (χ0v) is 22.3. The zero-order valence-electron chi connectivity index (χ0n) is 19.9. The molecule has 0 saturated carbocycles. The zero-order chi connectivity index (χ0) is 25.7. The smallest absolute Gasteiger partial charge is 0.337 e. The average Bonchev–Trinajstić information content (AvgIpc) is 3.16. The Kier molecular flexibility index (Phi) is 8.12. The van der Waals surface area contributed by atoms with Crippen molar-refractivity contribution in [2.45, 2.75) is 6.61 Å². The molecule has 36 heavy (non-hydrogen) atoms. The van der Waals surface area contributed by atoms with Crippen LogP contribution in [0, 0.1) is 0 Å². The van der Waals surface area contributed by atoms with E-state index in [1.807, 2.05) is 42.5 Å². The summed E-state index contributed by atoms with van der Waals surface area (Å²) in [7, 11) is 4.59. The molecule has 1 heterocycles. The van der Waals surface area contributed by atoms with Gasteiger partial charge in [-0.2, -0.15) is 0 Å². The molecule has 0 N–H and O–H groups in total. The fraction of sp³-hybridized carbons (Fsp3) is 0.148. The lowest BCUT2D eigenvalue weighted by molar-refractivity contribution is -0.121. The molecule has 4 rings (SSSR count). The van der Waals surface area contributed by atoms with E-state index in [-0.39, 0.29) is 5.91 Å². The summed E-state index contributed by atoms with van der Waals surface area (Å²) in [5, 5.41) is 0.540. The Morgan fingerprint density at radius 1 is 1.03 bits per heavy atom. The van der Waals surface area contributed by atoms with Crippen LogP contribution in [0.2, 0.25) is 0 Å². The van der Waals surface area contributed by atoms with E-state index in [1.54, 1.807) is 44.5 Å². The van der Waals surface area contributed by atoms with Crippen molar-refractivity contribution in [3.8, 4) is 11.5 Å². The third kappa shape index (κ3) is 5.98. The number of carbonyl (C=O) groups is 2. The Morgan fingerprint density at radius 2 is 1.75 bits per heavy atom. The molecule has 0 aromatic heterocycles. The topological polar surface area (TPSA) is 77.4 Å². The Hall–Kier alpha value is -3.56. The minimum absolute atomic E-state index is 0.153. The van der Waals surface area contributed by atoms with Gasteiger partial charge in [0.2, 0.25) is 0 Å². The van der Waals surface area contributed by atoms with Gasteiger partial charge in [0.25, 0.3) is 5.91 Å². The van der Waals surface area contributed by atoms with Crippen molar-refractivity contribution in [1.29, 1.82) is 0 Å². The molecule has 3 aromatic carbocycles. The van der Waals surface area contributed by atoms with E-state index in [9.17, 15) is 9.59 Å². The monoisotopic (exact) mass is 566 g/mol. The first-order chi connectivity index (χ1) is 17.4. The van der Waals surface area contributed by atoms with E-state index < -0.39 is 5.97 Å². The van der Waals surface area contributed by atoms with Gasteiger partial charge in [-0.3, -0.25) is 9.69 Å². The summed E-state index contributed by atoms with van der Waals surface area (Å²) in [4.78, 5) is 31.0. The van der Waals surface area contributed by atoms with Crippen LogP contribution in [-0.2, 0) is 16.1 Å². The number of thioether (sulfide) groups is 1. The highest BCUT2D eigenvalue weighted by Crippen LogP contribution is 2.35. The van der Waals surface area contributed by atoms with Crippen LogP contribution in [0.25, 0.3) is 6.08 Å². The molecule has 0 bridgehead atoms. The van der Waals surface area contributed by atoms with Crippen LogP contribution in [0.1, 0.15) is 21.5 Å². The number of amidine groups is 1.